The molecule has 4 nitrogen and oxygen atoms in total. The molecule has 1 aliphatic heterocycles. The fraction of sp³-hybridized carbons (Fsp3) is 0.364. The predicted molar refractivity (Wildman–Crippen MR) is 59.9 cm³/mol. The highest BCUT2D eigenvalue weighted by Crippen LogP contribution is 2.09. The molecule has 1 aromatic carbocycles. The lowest BCUT2D eigenvalue weighted by molar-refractivity contribution is 0.475. The van der Waals surface area contributed by atoms with Crippen LogP contribution < -0.4 is 10.6 Å². The topological polar surface area (TPSA) is 56.6 Å². The van der Waals surface area contributed by atoms with Gasteiger partial charge in [0, 0.05) is 19.6 Å². The minimum Gasteiger partial charge on any atom is -0.508 e. The first-order chi connectivity index (χ1) is 7.34. The van der Waals surface area contributed by atoms with Crippen LogP contribution in [0.1, 0.15) is 12.0 Å². The third-order valence-electron chi connectivity index (χ3n) is 2.29. The highest BCUT2D eigenvalue weighted by Gasteiger charge is 2.02. The molecule has 0 saturated heterocycles. The number of nitrogens with zero attached hydrogens (tertiary/aromatic N) is 1. The molecule has 4 heteroatoms. The van der Waals surface area contributed by atoms with Crippen molar-refractivity contribution in [1.29, 1.82) is 0 Å². The molecule has 3 N–H and O–H groups in total. The van der Waals surface area contributed by atoms with Crippen LogP contribution in [0.2, 0.25) is 0 Å². The number of rotatable bonds is 2. The molecule has 0 aliphatic carbocycles. The number of benzene rings is 1. The van der Waals surface area contributed by atoms with Crippen LogP contribution >= 0.6 is 0 Å². The highest BCUT2D eigenvalue weighted by atomic mass is 16.3. The minimum atomic E-state index is 0.298. The van der Waals surface area contributed by atoms with E-state index >= 15 is 0 Å². The number of hydrogen-bond donors (Lipinski definition) is 3. The molecule has 0 aromatic heterocycles. The zero-order chi connectivity index (χ0) is 10.5. The maximum absolute atomic E-state index is 9.12. The molecule has 0 saturated carbocycles. The van der Waals surface area contributed by atoms with Crippen LogP contribution in [0.5, 0.6) is 5.75 Å². The molecule has 0 atom stereocenters. The lowest BCUT2D eigenvalue weighted by Gasteiger charge is -2.15. The summed E-state index contributed by atoms with van der Waals surface area (Å²) in [4.78, 5) is 4.31. The van der Waals surface area contributed by atoms with Crippen molar-refractivity contribution in [3.8, 4) is 5.75 Å². The molecule has 80 valence electrons. The van der Waals surface area contributed by atoms with Gasteiger partial charge in [0.05, 0.1) is 0 Å². The van der Waals surface area contributed by atoms with Crippen LogP contribution in [-0.4, -0.2) is 24.2 Å². The summed E-state index contributed by atoms with van der Waals surface area (Å²) >= 11 is 0. The molecule has 0 amide bonds. The van der Waals surface area contributed by atoms with Gasteiger partial charge in [-0.15, -0.1) is 0 Å². The summed E-state index contributed by atoms with van der Waals surface area (Å²) in [7, 11) is 0. The average molecular weight is 205 g/mol. The fourth-order valence-electron chi connectivity index (χ4n) is 1.45. The maximum atomic E-state index is 9.12. The van der Waals surface area contributed by atoms with Crippen LogP contribution in [0.25, 0.3) is 0 Å². The van der Waals surface area contributed by atoms with Gasteiger partial charge in [-0.1, -0.05) is 12.1 Å². The van der Waals surface area contributed by atoms with E-state index in [9.17, 15) is 0 Å². The van der Waals surface area contributed by atoms with Gasteiger partial charge in [-0.25, -0.2) is 0 Å². The summed E-state index contributed by atoms with van der Waals surface area (Å²) in [5.74, 6) is 1.17. The average Bonchev–Trinajstić information content (AvgIpc) is 2.30. The van der Waals surface area contributed by atoms with E-state index < -0.39 is 0 Å². The lowest BCUT2D eigenvalue weighted by Crippen LogP contribution is -2.40. The van der Waals surface area contributed by atoms with Gasteiger partial charge in [0.25, 0.3) is 0 Å². The third kappa shape index (κ3) is 2.87. The standard InChI is InChI=1S/C11H15N3O/c15-10-4-2-9(3-5-10)8-14-11-12-6-1-7-13-11/h2-5,15H,1,6-8H2,(H2,12,13,14). The summed E-state index contributed by atoms with van der Waals surface area (Å²) < 4.78 is 0. The Balaban J connectivity index is 1.87. The van der Waals surface area contributed by atoms with Crippen LogP contribution in [0, 0.1) is 0 Å². The fourth-order valence-corrected chi connectivity index (χ4v) is 1.45. The molecule has 0 unspecified atom stereocenters. The number of phenols is 1. The first-order valence-corrected chi connectivity index (χ1v) is 5.15. The SMILES string of the molecule is Oc1ccc(CNC2=NCCCN2)cc1. The van der Waals surface area contributed by atoms with Crippen molar-refractivity contribution in [2.75, 3.05) is 13.1 Å². The quantitative estimate of drug-likeness (QED) is 0.670. The van der Waals surface area contributed by atoms with Crippen molar-refractivity contribution < 1.29 is 5.11 Å². The number of aromatic hydroxyl groups is 1. The van der Waals surface area contributed by atoms with E-state index in [1.165, 1.54) is 0 Å². The summed E-state index contributed by atoms with van der Waals surface area (Å²) in [5, 5.41) is 15.5. The molecule has 0 radical (unpaired) electrons. The molecule has 0 fully saturated rings. The Hall–Kier alpha value is -1.71. The summed E-state index contributed by atoms with van der Waals surface area (Å²) in [6, 6.07) is 7.16. The zero-order valence-electron chi connectivity index (χ0n) is 8.53. The van der Waals surface area contributed by atoms with E-state index in [0.29, 0.717) is 5.75 Å². The first kappa shape index (κ1) is 9.83. The molecule has 2 rings (SSSR count). The molecular formula is C11H15N3O. The Morgan fingerprint density at radius 3 is 2.80 bits per heavy atom. The number of phenolic OH excluding ortho intramolecular Hbond substituents is 1. The van der Waals surface area contributed by atoms with Crippen LogP contribution in [0.15, 0.2) is 29.3 Å². The Morgan fingerprint density at radius 1 is 1.33 bits per heavy atom. The second-order valence-corrected chi connectivity index (χ2v) is 3.53. The lowest BCUT2D eigenvalue weighted by atomic mass is 10.2. The Bertz CT molecular complexity index is 345. The Kier molecular flexibility index (Phi) is 3.07. The smallest absolute Gasteiger partial charge is 0.191 e. The van der Waals surface area contributed by atoms with Gasteiger partial charge in [-0.3, -0.25) is 4.99 Å². The summed E-state index contributed by atoms with van der Waals surface area (Å²) in [5.41, 5.74) is 1.13. The number of aliphatic imine (C=N–C) groups is 1. The number of hydrogen-bond acceptors (Lipinski definition) is 4. The predicted octanol–water partition coefficient (Wildman–Crippen LogP) is 0.831. The van der Waals surface area contributed by atoms with E-state index in [1.807, 2.05) is 12.1 Å². The van der Waals surface area contributed by atoms with E-state index in [2.05, 4.69) is 15.6 Å². The van der Waals surface area contributed by atoms with E-state index in [0.717, 1.165) is 37.6 Å². The number of nitrogens with one attached hydrogen (secondary N) is 2. The van der Waals surface area contributed by atoms with E-state index in [1.54, 1.807) is 12.1 Å². The second-order valence-electron chi connectivity index (χ2n) is 3.53. The second kappa shape index (κ2) is 4.68. The summed E-state index contributed by atoms with van der Waals surface area (Å²) in [6.45, 7) is 2.61. The van der Waals surface area contributed by atoms with Crippen LogP contribution in [0.4, 0.5) is 0 Å². The van der Waals surface area contributed by atoms with Crippen LogP contribution in [0.3, 0.4) is 0 Å². The van der Waals surface area contributed by atoms with Crippen molar-refractivity contribution in [3.05, 3.63) is 29.8 Å². The van der Waals surface area contributed by atoms with E-state index in [-0.39, 0.29) is 0 Å². The van der Waals surface area contributed by atoms with Gasteiger partial charge in [0.1, 0.15) is 5.75 Å². The van der Waals surface area contributed by atoms with Gasteiger partial charge in [0.2, 0.25) is 0 Å². The molecule has 1 heterocycles. The van der Waals surface area contributed by atoms with Gasteiger partial charge in [-0.05, 0) is 24.1 Å². The summed E-state index contributed by atoms with van der Waals surface area (Å²) in [6.07, 6.45) is 1.10. The maximum Gasteiger partial charge on any atom is 0.191 e. The first-order valence-electron chi connectivity index (χ1n) is 5.15. The molecule has 1 aliphatic rings. The highest BCUT2D eigenvalue weighted by molar-refractivity contribution is 5.80. The Labute approximate surface area is 89.0 Å². The van der Waals surface area contributed by atoms with Crippen molar-refractivity contribution in [1.82, 2.24) is 10.6 Å². The van der Waals surface area contributed by atoms with Gasteiger partial charge < -0.3 is 15.7 Å². The van der Waals surface area contributed by atoms with Crippen molar-refractivity contribution >= 4 is 5.96 Å². The molecule has 15 heavy (non-hydrogen) atoms. The van der Waals surface area contributed by atoms with Crippen molar-refractivity contribution in [2.45, 2.75) is 13.0 Å². The van der Waals surface area contributed by atoms with Crippen molar-refractivity contribution in [3.63, 3.8) is 0 Å². The van der Waals surface area contributed by atoms with E-state index in [4.69, 9.17) is 5.11 Å². The van der Waals surface area contributed by atoms with Gasteiger partial charge >= 0.3 is 0 Å². The van der Waals surface area contributed by atoms with Crippen molar-refractivity contribution in [2.24, 2.45) is 4.99 Å². The minimum absolute atomic E-state index is 0.298. The van der Waals surface area contributed by atoms with Gasteiger partial charge in [0.15, 0.2) is 5.96 Å². The zero-order valence-corrected chi connectivity index (χ0v) is 8.53. The normalized spacial score (nSPS) is 15.3. The van der Waals surface area contributed by atoms with Crippen LogP contribution in [-0.2, 0) is 6.54 Å². The molecule has 0 spiro atoms. The third-order valence-corrected chi connectivity index (χ3v) is 2.29. The monoisotopic (exact) mass is 205 g/mol. The molecular weight excluding hydrogens is 190 g/mol. The largest absolute Gasteiger partial charge is 0.508 e. The van der Waals surface area contributed by atoms with Gasteiger partial charge in [-0.2, -0.15) is 0 Å². The molecule has 1 aromatic rings. The Morgan fingerprint density at radius 2 is 2.13 bits per heavy atom. The molecule has 0 bridgehead atoms. The number of guanidine groups is 1.